The van der Waals surface area contributed by atoms with Crippen LogP contribution in [0.1, 0.15) is 32.6 Å². The van der Waals surface area contributed by atoms with E-state index in [0.29, 0.717) is 21.7 Å². The van der Waals surface area contributed by atoms with Gasteiger partial charge in [0.15, 0.2) is 5.16 Å². The SMILES string of the molecule is CC(Sc1nc2ccccc2c(=O)n1-c1ccccc1)C(=O)NC(=O)NC1CCCC1. The molecule has 3 amide bonds. The maximum Gasteiger partial charge on any atom is 0.321 e. The Bertz CT molecular complexity index is 1160. The van der Waals surface area contributed by atoms with Gasteiger partial charge in [0.2, 0.25) is 5.91 Å². The van der Waals surface area contributed by atoms with Crippen LogP contribution in [0.2, 0.25) is 0 Å². The molecule has 1 aromatic heterocycles. The number of rotatable bonds is 5. The lowest BCUT2D eigenvalue weighted by Crippen LogP contribution is -2.46. The summed E-state index contributed by atoms with van der Waals surface area (Å²) in [5, 5.41) is 5.53. The van der Waals surface area contributed by atoms with E-state index in [9.17, 15) is 14.4 Å². The van der Waals surface area contributed by atoms with Crippen LogP contribution in [0, 0.1) is 0 Å². The van der Waals surface area contributed by atoms with Crippen LogP contribution in [-0.2, 0) is 4.79 Å². The first-order valence-corrected chi connectivity index (χ1v) is 11.3. The third kappa shape index (κ3) is 4.80. The number of fused-ring (bicyclic) bond motifs is 1. The van der Waals surface area contributed by atoms with E-state index in [1.807, 2.05) is 36.4 Å². The van der Waals surface area contributed by atoms with Crippen LogP contribution in [0.25, 0.3) is 16.6 Å². The fourth-order valence-corrected chi connectivity index (χ4v) is 4.64. The normalized spacial score (nSPS) is 15.0. The molecule has 4 rings (SSSR count). The molecule has 3 aromatic rings. The Balaban J connectivity index is 1.59. The van der Waals surface area contributed by atoms with Gasteiger partial charge < -0.3 is 5.32 Å². The van der Waals surface area contributed by atoms with Gasteiger partial charge in [0.25, 0.3) is 5.56 Å². The third-order valence-corrected chi connectivity index (χ3v) is 6.39. The Morgan fingerprint density at radius 2 is 1.74 bits per heavy atom. The van der Waals surface area contributed by atoms with Crippen molar-refractivity contribution < 1.29 is 9.59 Å². The highest BCUT2D eigenvalue weighted by atomic mass is 32.2. The molecule has 2 aromatic carbocycles. The highest BCUT2D eigenvalue weighted by Gasteiger charge is 2.23. The minimum Gasteiger partial charge on any atom is -0.335 e. The van der Waals surface area contributed by atoms with Crippen molar-refractivity contribution in [2.75, 3.05) is 0 Å². The summed E-state index contributed by atoms with van der Waals surface area (Å²) >= 11 is 1.15. The highest BCUT2D eigenvalue weighted by Crippen LogP contribution is 2.25. The van der Waals surface area contributed by atoms with Gasteiger partial charge in [-0.15, -0.1) is 0 Å². The van der Waals surface area contributed by atoms with E-state index in [1.165, 1.54) is 4.57 Å². The lowest BCUT2D eigenvalue weighted by Gasteiger charge is -2.17. The van der Waals surface area contributed by atoms with Crippen molar-refractivity contribution in [1.82, 2.24) is 20.2 Å². The monoisotopic (exact) mass is 436 g/mol. The van der Waals surface area contributed by atoms with Gasteiger partial charge in [-0.1, -0.05) is 54.9 Å². The number of benzene rings is 2. The molecule has 7 nitrogen and oxygen atoms in total. The third-order valence-electron chi connectivity index (χ3n) is 5.34. The summed E-state index contributed by atoms with van der Waals surface area (Å²) < 4.78 is 1.51. The van der Waals surface area contributed by atoms with Crippen molar-refractivity contribution in [2.24, 2.45) is 0 Å². The summed E-state index contributed by atoms with van der Waals surface area (Å²) in [5.74, 6) is -0.428. The number of carbonyl (C=O) groups excluding carboxylic acids is 2. The van der Waals surface area contributed by atoms with Crippen molar-refractivity contribution in [2.45, 2.75) is 49.1 Å². The predicted octanol–water partition coefficient (Wildman–Crippen LogP) is 3.63. The molecule has 0 aliphatic heterocycles. The Kier molecular flexibility index (Phi) is 6.36. The zero-order chi connectivity index (χ0) is 21.8. The Labute approximate surface area is 184 Å². The Morgan fingerprint density at radius 3 is 2.48 bits per heavy atom. The zero-order valence-electron chi connectivity index (χ0n) is 17.2. The van der Waals surface area contributed by atoms with E-state index in [0.717, 1.165) is 37.4 Å². The molecule has 0 radical (unpaired) electrons. The van der Waals surface area contributed by atoms with Crippen LogP contribution >= 0.6 is 11.8 Å². The molecule has 0 saturated heterocycles. The summed E-state index contributed by atoms with van der Waals surface area (Å²) in [6.45, 7) is 1.69. The topological polar surface area (TPSA) is 93.1 Å². The minimum absolute atomic E-state index is 0.126. The number of imide groups is 1. The van der Waals surface area contributed by atoms with Gasteiger partial charge in [-0.2, -0.15) is 0 Å². The van der Waals surface area contributed by atoms with Gasteiger partial charge in [0, 0.05) is 6.04 Å². The van der Waals surface area contributed by atoms with Gasteiger partial charge in [-0.25, -0.2) is 9.78 Å². The number of hydrogen-bond acceptors (Lipinski definition) is 5. The molecule has 8 heteroatoms. The number of carbonyl (C=O) groups is 2. The second-order valence-corrected chi connectivity index (χ2v) is 8.90. The van der Waals surface area contributed by atoms with Crippen molar-refractivity contribution in [3.63, 3.8) is 0 Å². The van der Waals surface area contributed by atoms with E-state index in [-0.39, 0.29) is 11.6 Å². The van der Waals surface area contributed by atoms with Gasteiger partial charge in [0.1, 0.15) is 0 Å². The van der Waals surface area contributed by atoms with Crippen LogP contribution < -0.4 is 16.2 Å². The van der Waals surface area contributed by atoms with Crippen molar-refractivity contribution in [3.8, 4) is 5.69 Å². The lowest BCUT2D eigenvalue weighted by molar-refractivity contribution is -0.119. The van der Waals surface area contributed by atoms with Gasteiger partial charge >= 0.3 is 6.03 Å². The molecule has 1 fully saturated rings. The zero-order valence-corrected chi connectivity index (χ0v) is 18.0. The molecule has 1 heterocycles. The Morgan fingerprint density at radius 1 is 1.06 bits per heavy atom. The van der Waals surface area contributed by atoms with Crippen LogP contribution in [0.4, 0.5) is 4.79 Å². The van der Waals surface area contributed by atoms with E-state index < -0.39 is 17.2 Å². The molecule has 1 aliphatic rings. The van der Waals surface area contributed by atoms with Gasteiger partial charge in [-0.05, 0) is 44.0 Å². The van der Waals surface area contributed by atoms with Crippen LogP contribution in [0.15, 0.2) is 64.5 Å². The van der Waals surface area contributed by atoms with Crippen LogP contribution in [0.3, 0.4) is 0 Å². The predicted molar refractivity (Wildman–Crippen MR) is 122 cm³/mol. The number of nitrogens with one attached hydrogen (secondary N) is 2. The standard InChI is InChI=1S/C23H24N4O3S/c1-15(20(28)26-22(30)24-16-9-5-6-10-16)31-23-25-19-14-8-7-13-18(19)21(29)27(23)17-11-3-2-4-12-17/h2-4,7-8,11-16H,5-6,9-10H2,1H3,(H2,24,26,28,30). The number of thioether (sulfide) groups is 1. The smallest absolute Gasteiger partial charge is 0.321 e. The van der Waals surface area contributed by atoms with Gasteiger partial charge in [0.05, 0.1) is 21.8 Å². The van der Waals surface area contributed by atoms with Crippen molar-refractivity contribution in [1.29, 1.82) is 0 Å². The number of nitrogens with zero attached hydrogens (tertiary/aromatic N) is 2. The second kappa shape index (κ2) is 9.34. The molecule has 1 unspecified atom stereocenters. The van der Waals surface area contributed by atoms with E-state index in [4.69, 9.17) is 0 Å². The molecular formula is C23H24N4O3S. The fourth-order valence-electron chi connectivity index (χ4n) is 3.71. The molecule has 1 saturated carbocycles. The van der Waals surface area contributed by atoms with Gasteiger partial charge in [-0.3, -0.25) is 19.5 Å². The maximum atomic E-state index is 13.2. The maximum absolute atomic E-state index is 13.2. The molecule has 0 spiro atoms. The molecule has 31 heavy (non-hydrogen) atoms. The molecule has 2 N–H and O–H groups in total. The largest absolute Gasteiger partial charge is 0.335 e. The molecular weight excluding hydrogens is 412 g/mol. The average Bonchev–Trinajstić information content (AvgIpc) is 3.27. The first-order valence-electron chi connectivity index (χ1n) is 10.4. The van der Waals surface area contributed by atoms with E-state index in [2.05, 4.69) is 15.6 Å². The first kappa shape index (κ1) is 21.1. The number of para-hydroxylation sites is 2. The first-order chi connectivity index (χ1) is 15.0. The average molecular weight is 437 g/mol. The highest BCUT2D eigenvalue weighted by molar-refractivity contribution is 8.00. The molecule has 1 aliphatic carbocycles. The Hall–Kier alpha value is -3.13. The summed E-state index contributed by atoms with van der Waals surface area (Å²) in [6, 6.07) is 16.0. The quantitative estimate of drug-likeness (QED) is 0.471. The molecule has 1 atom stereocenters. The summed E-state index contributed by atoms with van der Waals surface area (Å²) in [6.07, 6.45) is 4.07. The fraction of sp³-hybridized carbons (Fsp3) is 0.304. The van der Waals surface area contributed by atoms with E-state index >= 15 is 0 Å². The minimum atomic E-state index is -0.627. The number of aromatic nitrogens is 2. The lowest BCUT2D eigenvalue weighted by atomic mass is 10.2. The van der Waals surface area contributed by atoms with Crippen LogP contribution in [0.5, 0.6) is 0 Å². The van der Waals surface area contributed by atoms with Crippen molar-refractivity contribution >= 4 is 34.6 Å². The number of hydrogen-bond donors (Lipinski definition) is 2. The summed E-state index contributed by atoms with van der Waals surface area (Å²) in [4.78, 5) is 42.6. The number of amides is 3. The molecule has 0 bridgehead atoms. The summed E-state index contributed by atoms with van der Waals surface area (Å²) in [5.41, 5.74) is 1.03. The second-order valence-electron chi connectivity index (χ2n) is 7.59. The van der Waals surface area contributed by atoms with Crippen molar-refractivity contribution in [3.05, 3.63) is 65.0 Å². The van der Waals surface area contributed by atoms with E-state index in [1.54, 1.807) is 25.1 Å². The molecule has 160 valence electrons. The number of urea groups is 1. The summed E-state index contributed by atoms with van der Waals surface area (Å²) in [7, 11) is 0. The van der Waals surface area contributed by atoms with Crippen LogP contribution in [-0.4, -0.2) is 32.8 Å².